The van der Waals surface area contributed by atoms with Gasteiger partial charge in [-0.2, -0.15) is 10.2 Å². The molecule has 0 aliphatic carbocycles. The van der Waals surface area contributed by atoms with Crippen LogP contribution in [0.2, 0.25) is 0 Å². The Bertz CT molecular complexity index is 1480. The van der Waals surface area contributed by atoms with E-state index >= 15 is 0 Å². The summed E-state index contributed by atoms with van der Waals surface area (Å²) in [6.45, 7) is 8.88. The smallest absolute Gasteiger partial charge is 0.408 e. The van der Waals surface area contributed by atoms with Gasteiger partial charge in [-0.15, -0.1) is 11.3 Å². The van der Waals surface area contributed by atoms with Crippen LogP contribution in [0.25, 0.3) is 22.0 Å². The molecule has 2 N–H and O–H groups in total. The molecule has 1 atom stereocenters. The summed E-state index contributed by atoms with van der Waals surface area (Å²) in [5.74, 6) is -1.04. The van der Waals surface area contributed by atoms with Crippen molar-refractivity contribution in [2.45, 2.75) is 46.3 Å². The van der Waals surface area contributed by atoms with E-state index < -0.39 is 29.6 Å². The summed E-state index contributed by atoms with van der Waals surface area (Å²) in [4.78, 5) is 47.1. The Morgan fingerprint density at radius 1 is 1.13 bits per heavy atom. The van der Waals surface area contributed by atoms with Gasteiger partial charge in [-0.25, -0.2) is 14.5 Å². The number of rotatable bonds is 7. The Balaban J connectivity index is 1.47. The number of nitrogens with zero attached hydrogens (tertiary/aromatic N) is 6. The molecule has 0 radical (unpaired) electrons. The molecular formula is C26H30N8O4S. The summed E-state index contributed by atoms with van der Waals surface area (Å²) in [7, 11) is 1.76. The van der Waals surface area contributed by atoms with E-state index in [1.165, 1.54) is 23.7 Å². The Kier molecular flexibility index (Phi) is 7.90. The number of thiazole rings is 1. The molecule has 2 amide bonds. The minimum atomic E-state index is -0.849. The first-order valence-corrected chi connectivity index (χ1v) is 13.1. The fourth-order valence-corrected chi connectivity index (χ4v) is 4.39. The molecule has 13 heteroatoms. The third-order valence-electron chi connectivity index (χ3n) is 5.38. The molecule has 204 valence electrons. The summed E-state index contributed by atoms with van der Waals surface area (Å²) in [6, 6.07) is 4.61. The van der Waals surface area contributed by atoms with Gasteiger partial charge in [0.2, 0.25) is 0 Å². The van der Waals surface area contributed by atoms with Crippen molar-refractivity contribution in [1.29, 1.82) is 0 Å². The number of pyridine rings is 1. The van der Waals surface area contributed by atoms with E-state index in [0.717, 1.165) is 4.68 Å². The van der Waals surface area contributed by atoms with Crippen LogP contribution in [0, 0.1) is 5.92 Å². The second-order valence-corrected chi connectivity index (χ2v) is 11.0. The van der Waals surface area contributed by atoms with Crippen molar-refractivity contribution in [2.75, 3.05) is 5.32 Å². The lowest BCUT2D eigenvalue weighted by molar-refractivity contribution is 0.0461. The van der Waals surface area contributed by atoms with Crippen LogP contribution in [-0.4, -0.2) is 59.1 Å². The van der Waals surface area contributed by atoms with Crippen molar-refractivity contribution >= 4 is 34.9 Å². The zero-order valence-corrected chi connectivity index (χ0v) is 23.3. The van der Waals surface area contributed by atoms with Crippen molar-refractivity contribution in [3.05, 3.63) is 54.1 Å². The predicted octanol–water partition coefficient (Wildman–Crippen LogP) is 4.24. The zero-order chi connectivity index (χ0) is 28.3. The number of ether oxygens (including phenoxy) is 1. The molecule has 0 saturated heterocycles. The van der Waals surface area contributed by atoms with Gasteiger partial charge in [0.05, 0.1) is 17.6 Å². The maximum atomic E-state index is 13.1. The van der Waals surface area contributed by atoms with Crippen molar-refractivity contribution in [3.8, 4) is 22.0 Å². The summed E-state index contributed by atoms with van der Waals surface area (Å²) in [6.07, 6.45) is 5.68. The molecular weight excluding hydrogens is 520 g/mol. The lowest BCUT2D eigenvalue weighted by Crippen LogP contribution is -2.48. The maximum Gasteiger partial charge on any atom is 0.408 e. The number of nitrogens with one attached hydrogen (secondary N) is 2. The quantitative estimate of drug-likeness (QED) is 0.347. The molecule has 4 aromatic heterocycles. The van der Waals surface area contributed by atoms with Gasteiger partial charge in [-0.05, 0) is 38.8 Å². The molecule has 0 spiro atoms. The van der Waals surface area contributed by atoms with E-state index in [1.54, 1.807) is 56.3 Å². The first-order valence-electron chi connectivity index (χ1n) is 12.2. The number of aryl methyl sites for hydroxylation is 1. The molecule has 0 saturated carbocycles. The van der Waals surface area contributed by atoms with E-state index in [4.69, 9.17) is 4.74 Å². The summed E-state index contributed by atoms with van der Waals surface area (Å²) in [5, 5.41) is 16.2. The molecule has 39 heavy (non-hydrogen) atoms. The number of anilines is 1. The Morgan fingerprint density at radius 3 is 2.56 bits per heavy atom. The van der Waals surface area contributed by atoms with E-state index in [9.17, 15) is 14.4 Å². The number of aromatic nitrogens is 6. The average Bonchev–Trinajstić information content (AvgIpc) is 3.61. The van der Waals surface area contributed by atoms with Crippen LogP contribution in [0.3, 0.4) is 0 Å². The highest BCUT2D eigenvalue weighted by molar-refractivity contribution is 7.13. The molecule has 0 aromatic carbocycles. The molecule has 4 rings (SSSR count). The van der Waals surface area contributed by atoms with Crippen molar-refractivity contribution in [2.24, 2.45) is 13.0 Å². The molecule has 0 aliphatic heterocycles. The highest BCUT2D eigenvalue weighted by Gasteiger charge is 2.29. The molecule has 12 nitrogen and oxygen atoms in total. The van der Waals surface area contributed by atoms with Crippen LogP contribution in [0.15, 0.2) is 48.4 Å². The highest BCUT2D eigenvalue weighted by atomic mass is 32.1. The largest absolute Gasteiger partial charge is 0.444 e. The lowest BCUT2D eigenvalue weighted by atomic mass is 10.0. The number of hydrogen-bond acceptors (Lipinski definition) is 9. The first kappa shape index (κ1) is 27.6. The van der Waals surface area contributed by atoms with Gasteiger partial charge in [0, 0.05) is 36.6 Å². The third-order valence-corrected chi connectivity index (χ3v) is 6.27. The molecule has 0 fully saturated rings. The summed E-state index contributed by atoms with van der Waals surface area (Å²) >= 11 is 1.24. The van der Waals surface area contributed by atoms with Crippen LogP contribution < -0.4 is 10.6 Å². The van der Waals surface area contributed by atoms with Crippen molar-refractivity contribution in [1.82, 2.24) is 34.8 Å². The second kappa shape index (κ2) is 11.2. The Hall–Kier alpha value is -4.39. The van der Waals surface area contributed by atoms with Gasteiger partial charge in [-0.1, -0.05) is 19.9 Å². The van der Waals surface area contributed by atoms with Gasteiger partial charge in [0.1, 0.15) is 28.0 Å². The van der Waals surface area contributed by atoms with Gasteiger partial charge in [-0.3, -0.25) is 19.3 Å². The van der Waals surface area contributed by atoms with Crippen LogP contribution >= 0.6 is 11.3 Å². The zero-order valence-electron chi connectivity index (χ0n) is 22.5. The fourth-order valence-electron chi connectivity index (χ4n) is 3.61. The van der Waals surface area contributed by atoms with Gasteiger partial charge >= 0.3 is 6.09 Å². The molecule has 4 aromatic rings. The Morgan fingerprint density at radius 2 is 1.90 bits per heavy atom. The fraction of sp³-hybridized carbons (Fsp3) is 0.346. The van der Waals surface area contributed by atoms with E-state index in [0.29, 0.717) is 27.6 Å². The number of alkyl carbamates (subject to hydrolysis) is 1. The van der Waals surface area contributed by atoms with E-state index in [1.807, 2.05) is 26.0 Å². The molecule has 0 bridgehead atoms. The van der Waals surface area contributed by atoms with Crippen LogP contribution in [0.4, 0.5) is 10.5 Å². The molecule has 0 aliphatic rings. The van der Waals surface area contributed by atoms with E-state index in [-0.39, 0.29) is 11.6 Å². The van der Waals surface area contributed by atoms with Crippen molar-refractivity contribution in [3.63, 3.8) is 0 Å². The standard InChI is InChI=1S/C26H30N8O4S/c1-15(2)20(31-25(37)38-26(3,4)5)24(36)34-12-16(11-28-34)23-30-19(14-39-23)22(35)29-18-13-33(6)32-21(18)17-9-7-8-10-27-17/h7-15,20H,1-6H3,(H,29,35)(H,31,37)/t20-/m1/s1. The number of carbonyl (C=O) groups is 3. The van der Waals surface area contributed by atoms with Gasteiger partial charge < -0.3 is 15.4 Å². The third kappa shape index (κ3) is 6.74. The topological polar surface area (TPSA) is 146 Å². The Labute approximate surface area is 229 Å². The minimum absolute atomic E-state index is 0.205. The predicted molar refractivity (Wildman–Crippen MR) is 146 cm³/mol. The molecule has 4 heterocycles. The van der Waals surface area contributed by atoms with Gasteiger partial charge in [0.15, 0.2) is 0 Å². The summed E-state index contributed by atoms with van der Waals surface area (Å²) < 4.78 is 8.05. The monoisotopic (exact) mass is 550 g/mol. The number of carbonyl (C=O) groups excluding carboxylic acids is 3. The minimum Gasteiger partial charge on any atom is -0.444 e. The van der Waals surface area contributed by atoms with Crippen LogP contribution in [-0.2, 0) is 11.8 Å². The van der Waals surface area contributed by atoms with Crippen LogP contribution in [0.1, 0.15) is 49.9 Å². The summed E-state index contributed by atoms with van der Waals surface area (Å²) in [5.41, 5.74) is 1.75. The first-order chi connectivity index (χ1) is 18.4. The second-order valence-electron chi connectivity index (χ2n) is 10.2. The molecule has 0 unspecified atom stereocenters. The lowest BCUT2D eigenvalue weighted by Gasteiger charge is -2.24. The normalized spacial score (nSPS) is 12.3. The number of hydrogen-bond donors (Lipinski definition) is 2. The van der Waals surface area contributed by atoms with Crippen LogP contribution in [0.5, 0.6) is 0 Å². The van der Waals surface area contributed by atoms with E-state index in [2.05, 4.69) is 30.8 Å². The maximum absolute atomic E-state index is 13.1. The van der Waals surface area contributed by atoms with Gasteiger partial charge in [0.25, 0.3) is 11.8 Å². The SMILES string of the molecule is CC(C)[C@@H](NC(=O)OC(C)(C)C)C(=O)n1cc(-c2nc(C(=O)Nc3cn(C)nc3-c3ccccn3)cs2)cn1. The van der Waals surface area contributed by atoms with Crippen molar-refractivity contribution < 1.29 is 19.1 Å². The number of amides is 2. The average molecular weight is 551 g/mol. The highest BCUT2D eigenvalue weighted by Crippen LogP contribution is 2.27.